The maximum atomic E-state index is 12.0. The normalized spacial score (nSPS) is 19.5. The van der Waals surface area contributed by atoms with E-state index in [0.717, 1.165) is 25.1 Å². The van der Waals surface area contributed by atoms with Gasteiger partial charge < -0.3 is 10.5 Å². The third-order valence-corrected chi connectivity index (χ3v) is 3.31. The van der Waals surface area contributed by atoms with E-state index in [-0.39, 0.29) is 18.2 Å². The molecule has 6 heteroatoms. The van der Waals surface area contributed by atoms with Crippen LogP contribution in [0.2, 0.25) is 0 Å². The van der Waals surface area contributed by atoms with Crippen LogP contribution in [0.5, 0.6) is 5.75 Å². The van der Waals surface area contributed by atoms with Gasteiger partial charge in [-0.15, -0.1) is 12.4 Å². The van der Waals surface area contributed by atoms with Crippen LogP contribution < -0.4 is 10.5 Å². The first-order valence-corrected chi connectivity index (χ1v) is 6.17. The van der Waals surface area contributed by atoms with Crippen LogP contribution in [-0.2, 0) is 6.54 Å². The molecular formula is C13H19ClF2N2O. The largest absolute Gasteiger partial charge is 0.435 e. The predicted molar refractivity (Wildman–Crippen MR) is 72.8 cm³/mol. The zero-order valence-electron chi connectivity index (χ0n) is 10.6. The van der Waals surface area contributed by atoms with Crippen molar-refractivity contribution in [3.05, 3.63) is 29.8 Å². The van der Waals surface area contributed by atoms with Gasteiger partial charge in [-0.2, -0.15) is 8.78 Å². The van der Waals surface area contributed by atoms with E-state index in [9.17, 15) is 8.78 Å². The Labute approximate surface area is 118 Å². The number of alkyl halides is 2. The number of halogens is 3. The van der Waals surface area contributed by atoms with E-state index in [1.807, 2.05) is 12.1 Å². The zero-order valence-corrected chi connectivity index (χ0v) is 11.4. The van der Waals surface area contributed by atoms with Gasteiger partial charge in [-0.05, 0) is 37.1 Å². The summed E-state index contributed by atoms with van der Waals surface area (Å²) in [4.78, 5) is 2.34. The van der Waals surface area contributed by atoms with Gasteiger partial charge in [-0.25, -0.2) is 0 Å². The van der Waals surface area contributed by atoms with Crippen molar-refractivity contribution in [3.8, 4) is 5.75 Å². The van der Waals surface area contributed by atoms with E-state index < -0.39 is 6.61 Å². The third kappa shape index (κ3) is 4.60. The maximum absolute atomic E-state index is 12.0. The van der Waals surface area contributed by atoms with E-state index >= 15 is 0 Å². The van der Waals surface area contributed by atoms with Crippen LogP contribution in [-0.4, -0.2) is 30.6 Å². The molecule has 0 aliphatic carbocycles. The molecule has 1 atom stereocenters. The van der Waals surface area contributed by atoms with E-state index in [0.29, 0.717) is 12.6 Å². The molecule has 0 amide bonds. The molecule has 2 rings (SSSR count). The van der Waals surface area contributed by atoms with E-state index in [1.54, 1.807) is 12.1 Å². The van der Waals surface area contributed by atoms with Crippen molar-refractivity contribution in [1.82, 2.24) is 4.90 Å². The zero-order chi connectivity index (χ0) is 13.0. The lowest BCUT2D eigenvalue weighted by Gasteiger charge is -2.23. The predicted octanol–water partition coefficient (Wildman–Crippen LogP) is 2.63. The second kappa shape index (κ2) is 7.62. The Morgan fingerprint density at radius 1 is 1.32 bits per heavy atom. The topological polar surface area (TPSA) is 38.5 Å². The average Bonchev–Trinajstić information content (AvgIpc) is 2.78. The first kappa shape index (κ1) is 16.1. The molecule has 0 radical (unpaired) electrons. The minimum absolute atomic E-state index is 0. The number of rotatable bonds is 5. The van der Waals surface area contributed by atoms with Gasteiger partial charge in [-0.3, -0.25) is 4.90 Å². The highest BCUT2D eigenvalue weighted by Crippen LogP contribution is 2.21. The van der Waals surface area contributed by atoms with E-state index in [1.165, 1.54) is 6.42 Å². The molecule has 108 valence electrons. The fraction of sp³-hybridized carbons (Fsp3) is 0.538. The van der Waals surface area contributed by atoms with Gasteiger partial charge in [0.1, 0.15) is 5.75 Å². The number of hydrogen-bond acceptors (Lipinski definition) is 3. The second-order valence-electron chi connectivity index (χ2n) is 4.52. The molecule has 1 heterocycles. The van der Waals surface area contributed by atoms with Crippen LogP contribution in [0.3, 0.4) is 0 Å². The van der Waals surface area contributed by atoms with Crippen molar-refractivity contribution in [3.63, 3.8) is 0 Å². The van der Waals surface area contributed by atoms with Crippen molar-refractivity contribution in [2.45, 2.75) is 32.0 Å². The Morgan fingerprint density at radius 3 is 2.58 bits per heavy atom. The molecule has 1 aromatic rings. The number of nitrogens with zero attached hydrogens (tertiary/aromatic N) is 1. The monoisotopic (exact) mass is 292 g/mol. The molecule has 0 bridgehead atoms. The highest BCUT2D eigenvalue weighted by Gasteiger charge is 2.22. The fourth-order valence-corrected chi connectivity index (χ4v) is 2.38. The molecular weight excluding hydrogens is 274 g/mol. The van der Waals surface area contributed by atoms with Crippen LogP contribution in [0.15, 0.2) is 24.3 Å². The van der Waals surface area contributed by atoms with Gasteiger partial charge in [0.15, 0.2) is 0 Å². The van der Waals surface area contributed by atoms with Crippen LogP contribution in [0.4, 0.5) is 8.78 Å². The quantitative estimate of drug-likeness (QED) is 0.907. The summed E-state index contributed by atoms with van der Waals surface area (Å²) >= 11 is 0. The van der Waals surface area contributed by atoms with Crippen LogP contribution >= 0.6 is 12.4 Å². The summed E-state index contributed by atoms with van der Waals surface area (Å²) in [6, 6.07) is 7.25. The lowest BCUT2D eigenvalue weighted by molar-refractivity contribution is -0.0498. The highest BCUT2D eigenvalue weighted by molar-refractivity contribution is 5.85. The minimum atomic E-state index is -2.77. The molecule has 1 unspecified atom stereocenters. The number of benzene rings is 1. The van der Waals surface area contributed by atoms with Gasteiger partial charge in [0, 0.05) is 19.1 Å². The van der Waals surface area contributed by atoms with Crippen molar-refractivity contribution in [2.24, 2.45) is 5.73 Å². The molecule has 0 saturated carbocycles. The second-order valence-corrected chi connectivity index (χ2v) is 4.52. The molecule has 19 heavy (non-hydrogen) atoms. The Balaban J connectivity index is 0.00000180. The summed E-state index contributed by atoms with van der Waals surface area (Å²) < 4.78 is 28.3. The van der Waals surface area contributed by atoms with E-state index in [4.69, 9.17) is 5.73 Å². The number of likely N-dealkylation sites (tertiary alicyclic amines) is 1. The molecule has 1 aliphatic rings. The minimum Gasteiger partial charge on any atom is -0.435 e. The smallest absolute Gasteiger partial charge is 0.387 e. The van der Waals surface area contributed by atoms with Crippen LogP contribution in [0.25, 0.3) is 0 Å². The summed E-state index contributed by atoms with van der Waals surface area (Å²) in [5, 5.41) is 0. The van der Waals surface area contributed by atoms with E-state index in [2.05, 4.69) is 9.64 Å². The van der Waals surface area contributed by atoms with Crippen LogP contribution in [0, 0.1) is 0 Å². The summed E-state index contributed by atoms with van der Waals surface area (Å²) in [6.45, 7) is -0.225. The summed E-state index contributed by atoms with van der Waals surface area (Å²) in [5.41, 5.74) is 6.81. The average molecular weight is 293 g/mol. The lowest BCUT2D eigenvalue weighted by Crippen LogP contribution is -2.34. The molecule has 0 spiro atoms. The Morgan fingerprint density at radius 2 is 2.00 bits per heavy atom. The molecule has 0 aromatic heterocycles. The lowest BCUT2D eigenvalue weighted by atomic mass is 10.2. The number of hydrogen-bond donors (Lipinski definition) is 1. The van der Waals surface area contributed by atoms with Gasteiger partial charge in [0.2, 0.25) is 0 Å². The van der Waals surface area contributed by atoms with Crippen molar-refractivity contribution in [2.75, 3.05) is 13.1 Å². The maximum Gasteiger partial charge on any atom is 0.387 e. The summed E-state index contributed by atoms with van der Waals surface area (Å²) in [7, 11) is 0. The molecule has 2 N–H and O–H groups in total. The van der Waals surface area contributed by atoms with Crippen molar-refractivity contribution < 1.29 is 13.5 Å². The van der Waals surface area contributed by atoms with Gasteiger partial charge in [0.05, 0.1) is 0 Å². The molecule has 1 aliphatic heterocycles. The van der Waals surface area contributed by atoms with Crippen LogP contribution in [0.1, 0.15) is 18.4 Å². The molecule has 1 fully saturated rings. The fourth-order valence-electron chi connectivity index (χ4n) is 2.38. The molecule has 3 nitrogen and oxygen atoms in total. The SMILES string of the molecule is Cl.NCC1CCCN1Cc1ccc(OC(F)F)cc1. The Kier molecular flexibility index (Phi) is 6.48. The number of ether oxygens (including phenoxy) is 1. The molecule has 1 saturated heterocycles. The van der Waals surface area contributed by atoms with Gasteiger partial charge in [0.25, 0.3) is 0 Å². The third-order valence-electron chi connectivity index (χ3n) is 3.31. The standard InChI is InChI=1S/C13H18F2N2O.ClH/c14-13(15)18-12-5-3-10(4-6-12)9-17-7-1-2-11(17)8-16;/h3-6,11,13H,1-2,7-9,16H2;1H. The van der Waals surface area contributed by atoms with Crippen molar-refractivity contribution in [1.29, 1.82) is 0 Å². The first-order valence-electron chi connectivity index (χ1n) is 6.17. The van der Waals surface area contributed by atoms with Gasteiger partial charge >= 0.3 is 6.61 Å². The Hall–Kier alpha value is -0.910. The van der Waals surface area contributed by atoms with Gasteiger partial charge in [-0.1, -0.05) is 12.1 Å². The Bertz CT molecular complexity index is 375. The molecule has 1 aromatic carbocycles. The number of nitrogens with two attached hydrogens (primary N) is 1. The highest BCUT2D eigenvalue weighted by atomic mass is 35.5. The van der Waals surface area contributed by atoms with Crippen molar-refractivity contribution >= 4 is 12.4 Å². The summed E-state index contributed by atoms with van der Waals surface area (Å²) in [5.74, 6) is 0.200. The first-order chi connectivity index (χ1) is 8.69. The summed E-state index contributed by atoms with van der Waals surface area (Å²) in [6.07, 6.45) is 2.32.